The molecule has 0 saturated carbocycles. The van der Waals surface area contributed by atoms with Crippen LogP contribution in [-0.2, 0) is 4.79 Å². The minimum atomic E-state index is -0.462. The number of aliphatic hydroxyl groups is 1. The van der Waals surface area contributed by atoms with Gasteiger partial charge in [0, 0.05) is 11.0 Å². The highest BCUT2D eigenvalue weighted by Crippen LogP contribution is 2.50. The van der Waals surface area contributed by atoms with Crippen molar-refractivity contribution in [2.45, 2.75) is 58.3 Å². The SMILES string of the molecule is CC(=O)[C@@H]1[C@H](O)CS[C@H]1C1=C(C)CCCC1(C)C. The number of hydrogen-bond acceptors (Lipinski definition) is 3. The monoisotopic (exact) mass is 268 g/mol. The largest absolute Gasteiger partial charge is 0.391 e. The smallest absolute Gasteiger partial charge is 0.136 e. The number of aliphatic hydroxyl groups excluding tert-OH is 1. The minimum absolute atomic E-state index is 0.138. The molecule has 0 spiro atoms. The first-order chi connectivity index (χ1) is 8.34. The zero-order valence-electron chi connectivity index (χ0n) is 11.8. The van der Waals surface area contributed by atoms with Gasteiger partial charge in [-0.15, -0.1) is 0 Å². The molecule has 0 aromatic heterocycles. The van der Waals surface area contributed by atoms with Gasteiger partial charge in [0.25, 0.3) is 0 Å². The molecule has 0 aromatic carbocycles. The normalized spacial score (nSPS) is 35.9. The number of Topliss-reactive ketones (excluding diaryl/α,β-unsaturated/α-hetero) is 1. The van der Waals surface area contributed by atoms with Crippen LogP contribution in [0.5, 0.6) is 0 Å². The van der Waals surface area contributed by atoms with Crippen molar-refractivity contribution in [3.63, 3.8) is 0 Å². The van der Waals surface area contributed by atoms with Crippen LogP contribution in [0.15, 0.2) is 11.1 Å². The fraction of sp³-hybridized carbons (Fsp3) is 0.800. The maximum absolute atomic E-state index is 11.8. The number of hydrogen-bond donors (Lipinski definition) is 1. The molecule has 0 bridgehead atoms. The first kappa shape index (κ1) is 14.1. The molecule has 0 unspecified atom stereocenters. The summed E-state index contributed by atoms with van der Waals surface area (Å²) in [6.45, 7) is 8.40. The van der Waals surface area contributed by atoms with E-state index in [1.165, 1.54) is 24.0 Å². The summed E-state index contributed by atoms with van der Waals surface area (Å²) in [7, 11) is 0. The molecule has 2 nitrogen and oxygen atoms in total. The minimum Gasteiger partial charge on any atom is -0.391 e. The number of carbonyl (C=O) groups excluding carboxylic acids is 1. The first-order valence-corrected chi connectivity index (χ1v) is 7.89. The summed E-state index contributed by atoms with van der Waals surface area (Å²) in [6.07, 6.45) is 3.12. The number of thioether (sulfide) groups is 1. The Morgan fingerprint density at radius 3 is 2.67 bits per heavy atom. The molecule has 1 aliphatic carbocycles. The number of ketones is 1. The second-order valence-corrected chi connectivity index (χ2v) is 7.56. The lowest BCUT2D eigenvalue weighted by Crippen LogP contribution is -2.36. The van der Waals surface area contributed by atoms with Gasteiger partial charge in [-0.25, -0.2) is 0 Å². The predicted octanol–water partition coefficient (Wildman–Crippen LogP) is 3.19. The Bertz CT molecular complexity index is 384. The van der Waals surface area contributed by atoms with E-state index in [1.807, 2.05) is 0 Å². The van der Waals surface area contributed by atoms with E-state index < -0.39 is 6.10 Å². The summed E-state index contributed by atoms with van der Waals surface area (Å²) in [5, 5.41) is 10.3. The van der Waals surface area contributed by atoms with Gasteiger partial charge in [0.2, 0.25) is 0 Å². The van der Waals surface area contributed by atoms with Gasteiger partial charge in [-0.2, -0.15) is 11.8 Å². The maximum atomic E-state index is 11.8. The van der Waals surface area contributed by atoms with Gasteiger partial charge in [-0.1, -0.05) is 25.0 Å². The van der Waals surface area contributed by atoms with Gasteiger partial charge in [0.15, 0.2) is 0 Å². The third-order valence-corrected chi connectivity index (χ3v) is 5.91. The van der Waals surface area contributed by atoms with Crippen LogP contribution < -0.4 is 0 Å². The lowest BCUT2D eigenvalue weighted by molar-refractivity contribution is -0.123. The molecule has 1 aliphatic heterocycles. The van der Waals surface area contributed by atoms with E-state index in [-0.39, 0.29) is 22.4 Å². The Morgan fingerprint density at radius 2 is 2.11 bits per heavy atom. The fourth-order valence-corrected chi connectivity index (χ4v) is 5.51. The second-order valence-electron chi connectivity index (χ2n) is 6.39. The topological polar surface area (TPSA) is 37.3 Å². The highest BCUT2D eigenvalue weighted by Gasteiger charge is 2.45. The molecule has 1 N–H and O–H groups in total. The van der Waals surface area contributed by atoms with E-state index in [0.29, 0.717) is 5.75 Å². The third kappa shape index (κ3) is 2.39. The fourth-order valence-electron chi connectivity index (χ4n) is 3.63. The molecule has 3 atom stereocenters. The Kier molecular flexibility index (Phi) is 3.93. The van der Waals surface area contributed by atoms with Crippen LogP contribution in [0.25, 0.3) is 0 Å². The number of rotatable bonds is 2. The van der Waals surface area contributed by atoms with Crippen LogP contribution >= 0.6 is 11.8 Å². The van der Waals surface area contributed by atoms with Gasteiger partial charge < -0.3 is 5.11 Å². The molecule has 102 valence electrons. The lowest BCUT2D eigenvalue weighted by atomic mass is 9.69. The molecule has 1 heterocycles. The van der Waals surface area contributed by atoms with Crippen molar-refractivity contribution in [2.24, 2.45) is 11.3 Å². The van der Waals surface area contributed by atoms with Crippen LogP contribution in [0.1, 0.15) is 47.0 Å². The van der Waals surface area contributed by atoms with Crippen LogP contribution in [0.3, 0.4) is 0 Å². The molecule has 1 saturated heterocycles. The quantitative estimate of drug-likeness (QED) is 0.782. The standard InChI is InChI=1S/C15H24O2S/c1-9-6-5-7-15(3,4)13(9)14-12(10(2)16)11(17)8-18-14/h11-12,14,17H,5-8H2,1-4H3/t11-,12-,14-/m1/s1. The highest BCUT2D eigenvalue weighted by atomic mass is 32.2. The van der Waals surface area contributed by atoms with Gasteiger partial charge in [0.1, 0.15) is 5.78 Å². The Balaban J connectivity index is 2.37. The van der Waals surface area contributed by atoms with Crippen LogP contribution in [-0.4, -0.2) is 28.0 Å². The van der Waals surface area contributed by atoms with E-state index in [1.54, 1.807) is 18.7 Å². The van der Waals surface area contributed by atoms with Gasteiger partial charge >= 0.3 is 0 Å². The average molecular weight is 268 g/mol. The maximum Gasteiger partial charge on any atom is 0.136 e. The molecule has 2 rings (SSSR count). The van der Waals surface area contributed by atoms with Crippen LogP contribution in [0.2, 0.25) is 0 Å². The summed E-state index contributed by atoms with van der Waals surface area (Å²) < 4.78 is 0. The third-order valence-electron chi connectivity index (χ3n) is 4.48. The zero-order valence-corrected chi connectivity index (χ0v) is 12.6. The lowest BCUT2D eigenvalue weighted by Gasteiger charge is -2.39. The van der Waals surface area contributed by atoms with Crippen LogP contribution in [0.4, 0.5) is 0 Å². The Morgan fingerprint density at radius 1 is 1.44 bits per heavy atom. The molecule has 1 fully saturated rings. The zero-order chi connectivity index (χ0) is 13.5. The Hall–Kier alpha value is -0.280. The Labute approximate surface area is 114 Å². The summed E-state index contributed by atoms with van der Waals surface area (Å²) in [4.78, 5) is 11.8. The van der Waals surface area contributed by atoms with E-state index in [4.69, 9.17) is 0 Å². The van der Waals surface area contributed by atoms with Crippen molar-refractivity contribution in [1.29, 1.82) is 0 Å². The van der Waals surface area contributed by atoms with Gasteiger partial charge in [0.05, 0.1) is 12.0 Å². The highest BCUT2D eigenvalue weighted by molar-refractivity contribution is 8.00. The van der Waals surface area contributed by atoms with Crippen molar-refractivity contribution < 1.29 is 9.90 Å². The first-order valence-electron chi connectivity index (χ1n) is 6.85. The van der Waals surface area contributed by atoms with Crippen molar-refractivity contribution >= 4 is 17.5 Å². The van der Waals surface area contributed by atoms with E-state index >= 15 is 0 Å². The second kappa shape index (κ2) is 5.01. The molecule has 0 radical (unpaired) electrons. The van der Waals surface area contributed by atoms with Crippen molar-refractivity contribution in [3.8, 4) is 0 Å². The van der Waals surface area contributed by atoms with E-state index in [9.17, 15) is 9.90 Å². The predicted molar refractivity (Wildman–Crippen MR) is 76.8 cm³/mol. The summed E-state index contributed by atoms with van der Waals surface area (Å²) in [6, 6.07) is 0. The van der Waals surface area contributed by atoms with E-state index in [2.05, 4.69) is 20.8 Å². The van der Waals surface area contributed by atoms with Crippen molar-refractivity contribution in [1.82, 2.24) is 0 Å². The summed E-state index contributed by atoms with van der Waals surface area (Å²) in [5.74, 6) is 0.637. The number of carbonyl (C=O) groups is 1. The summed E-state index contributed by atoms with van der Waals surface area (Å²) >= 11 is 1.77. The number of allylic oxidation sites excluding steroid dienone is 1. The van der Waals surface area contributed by atoms with E-state index in [0.717, 1.165) is 6.42 Å². The molecule has 2 aliphatic rings. The molecule has 18 heavy (non-hydrogen) atoms. The van der Waals surface area contributed by atoms with Gasteiger partial charge in [-0.05, 0) is 38.5 Å². The molecule has 0 aromatic rings. The molecule has 3 heteroatoms. The van der Waals surface area contributed by atoms with Crippen LogP contribution in [0, 0.1) is 11.3 Å². The van der Waals surface area contributed by atoms with Gasteiger partial charge in [-0.3, -0.25) is 4.79 Å². The average Bonchev–Trinajstić information content (AvgIpc) is 2.58. The molecular formula is C15H24O2S. The summed E-state index contributed by atoms with van der Waals surface area (Å²) in [5.41, 5.74) is 3.07. The van der Waals surface area contributed by atoms with Crippen molar-refractivity contribution in [3.05, 3.63) is 11.1 Å². The molecular weight excluding hydrogens is 244 g/mol. The molecule has 0 amide bonds. The van der Waals surface area contributed by atoms with Crippen molar-refractivity contribution in [2.75, 3.05) is 5.75 Å².